The molecule has 2 aromatic carbocycles. The van der Waals surface area contributed by atoms with Gasteiger partial charge in [0.15, 0.2) is 0 Å². The molecule has 0 aliphatic carbocycles. The maximum absolute atomic E-state index is 13.1. The zero-order valence-corrected chi connectivity index (χ0v) is 16.6. The first-order valence-electron chi connectivity index (χ1n) is 9.59. The van der Waals surface area contributed by atoms with Gasteiger partial charge in [-0.15, -0.1) is 0 Å². The molecule has 3 rings (SSSR count). The summed E-state index contributed by atoms with van der Waals surface area (Å²) in [6, 6.07) is 19.9. The fraction of sp³-hybridized carbons (Fsp3) is 0.261. The molecule has 3 aromatic rings. The van der Waals surface area contributed by atoms with Gasteiger partial charge in [0, 0.05) is 24.5 Å². The summed E-state index contributed by atoms with van der Waals surface area (Å²) in [7, 11) is 0. The van der Waals surface area contributed by atoms with Crippen LogP contribution in [0, 0.1) is 13.8 Å². The average Bonchev–Trinajstić information content (AvgIpc) is 2.69. The van der Waals surface area contributed by atoms with Crippen molar-refractivity contribution in [3.8, 4) is 0 Å². The van der Waals surface area contributed by atoms with Crippen LogP contribution < -0.4 is 10.2 Å². The van der Waals surface area contributed by atoms with Crippen molar-refractivity contribution in [1.29, 1.82) is 0 Å². The molecule has 0 fully saturated rings. The van der Waals surface area contributed by atoms with Crippen molar-refractivity contribution >= 4 is 17.5 Å². The maximum atomic E-state index is 13.1. The Balaban J connectivity index is 1.75. The summed E-state index contributed by atoms with van der Waals surface area (Å²) in [4.78, 5) is 23.7. The van der Waals surface area contributed by atoms with E-state index in [1.54, 1.807) is 11.0 Å². The molecule has 0 aliphatic rings. The fourth-order valence-electron chi connectivity index (χ4n) is 3.10. The number of anilines is 2. The van der Waals surface area contributed by atoms with Crippen molar-refractivity contribution in [2.24, 2.45) is 0 Å². The first kappa shape index (κ1) is 19.5. The highest BCUT2D eigenvalue weighted by molar-refractivity contribution is 6.05. The molecule has 1 aromatic heterocycles. The fourth-order valence-corrected chi connectivity index (χ4v) is 3.10. The molecule has 0 saturated heterocycles. The standard InChI is InChI=1S/C23H26N4O/c1-4-27(20-12-8-9-17(2)15-20)22(28)21-16-18(3)25-23(26-21)24-14-13-19-10-6-5-7-11-19/h5-12,15-16H,4,13-14H2,1-3H3,(H,24,25,26). The van der Waals surface area contributed by atoms with Crippen LogP contribution in [0.15, 0.2) is 60.7 Å². The Bertz CT molecular complexity index is 940. The monoisotopic (exact) mass is 374 g/mol. The van der Waals surface area contributed by atoms with E-state index in [0.29, 0.717) is 24.7 Å². The second-order valence-electron chi connectivity index (χ2n) is 6.77. The van der Waals surface area contributed by atoms with Crippen LogP contribution in [0.25, 0.3) is 0 Å². The molecule has 0 spiro atoms. The van der Waals surface area contributed by atoms with Gasteiger partial charge < -0.3 is 10.2 Å². The zero-order chi connectivity index (χ0) is 19.9. The van der Waals surface area contributed by atoms with Gasteiger partial charge in [0.1, 0.15) is 5.69 Å². The molecule has 5 nitrogen and oxygen atoms in total. The molecule has 0 saturated carbocycles. The number of carbonyl (C=O) groups is 1. The first-order chi connectivity index (χ1) is 13.6. The van der Waals surface area contributed by atoms with Crippen LogP contribution in [0.3, 0.4) is 0 Å². The number of nitrogens with zero attached hydrogens (tertiary/aromatic N) is 3. The summed E-state index contributed by atoms with van der Waals surface area (Å²) in [6.45, 7) is 7.14. The largest absolute Gasteiger partial charge is 0.354 e. The van der Waals surface area contributed by atoms with Gasteiger partial charge in [-0.3, -0.25) is 4.79 Å². The van der Waals surface area contributed by atoms with E-state index in [1.165, 1.54) is 5.56 Å². The smallest absolute Gasteiger partial charge is 0.277 e. The number of aromatic nitrogens is 2. The average molecular weight is 374 g/mol. The van der Waals surface area contributed by atoms with Gasteiger partial charge in [-0.1, -0.05) is 42.5 Å². The second-order valence-corrected chi connectivity index (χ2v) is 6.77. The van der Waals surface area contributed by atoms with Crippen molar-refractivity contribution in [3.63, 3.8) is 0 Å². The molecule has 0 radical (unpaired) electrons. The van der Waals surface area contributed by atoms with Crippen molar-refractivity contribution < 1.29 is 4.79 Å². The lowest BCUT2D eigenvalue weighted by atomic mass is 10.1. The number of aryl methyl sites for hydroxylation is 2. The van der Waals surface area contributed by atoms with Crippen LogP contribution in [0.5, 0.6) is 0 Å². The summed E-state index contributed by atoms with van der Waals surface area (Å²) in [5.41, 5.74) is 4.41. The second kappa shape index (κ2) is 9.13. The van der Waals surface area contributed by atoms with E-state index in [2.05, 4.69) is 27.4 Å². The third kappa shape index (κ3) is 4.94. The lowest BCUT2D eigenvalue weighted by Gasteiger charge is -2.21. The van der Waals surface area contributed by atoms with Crippen molar-refractivity contribution in [1.82, 2.24) is 9.97 Å². The molecule has 0 unspecified atom stereocenters. The van der Waals surface area contributed by atoms with Gasteiger partial charge >= 0.3 is 0 Å². The topological polar surface area (TPSA) is 58.1 Å². The predicted molar refractivity (Wildman–Crippen MR) is 114 cm³/mol. The van der Waals surface area contributed by atoms with Gasteiger partial charge in [-0.25, -0.2) is 9.97 Å². The maximum Gasteiger partial charge on any atom is 0.277 e. The Labute approximate surface area is 166 Å². The third-order valence-corrected chi connectivity index (χ3v) is 4.49. The summed E-state index contributed by atoms with van der Waals surface area (Å²) in [6.07, 6.45) is 0.867. The Morgan fingerprint density at radius 2 is 1.79 bits per heavy atom. The highest BCUT2D eigenvalue weighted by atomic mass is 16.2. The summed E-state index contributed by atoms with van der Waals surface area (Å²) < 4.78 is 0. The predicted octanol–water partition coefficient (Wildman–Crippen LogP) is 4.41. The molecule has 0 bridgehead atoms. The van der Waals surface area contributed by atoms with E-state index in [9.17, 15) is 4.79 Å². The number of hydrogen-bond acceptors (Lipinski definition) is 4. The van der Waals surface area contributed by atoms with Gasteiger partial charge in [0.2, 0.25) is 5.95 Å². The van der Waals surface area contributed by atoms with Crippen LogP contribution in [0.1, 0.15) is 34.2 Å². The Hall–Kier alpha value is -3.21. The lowest BCUT2D eigenvalue weighted by Crippen LogP contribution is -2.31. The Kier molecular flexibility index (Phi) is 6.37. The zero-order valence-electron chi connectivity index (χ0n) is 16.6. The minimum Gasteiger partial charge on any atom is -0.354 e. The molecule has 5 heteroatoms. The van der Waals surface area contributed by atoms with E-state index in [0.717, 1.165) is 23.4 Å². The summed E-state index contributed by atoms with van der Waals surface area (Å²) >= 11 is 0. The van der Waals surface area contributed by atoms with E-state index in [1.807, 2.05) is 63.2 Å². The molecule has 0 aliphatic heterocycles. The van der Waals surface area contributed by atoms with Crippen molar-refractivity contribution in [2.45, 2.75) is 27.2 Å². The van der Waals surface area contributed by atoms with E-state index < -0.39 is 0 Å². The van der Waals surface area contributed by atoms with Crippen LogP contribution in [0.4, 0.5) is 11.6 Å². The van der Waals surface area contributed by atoms with Crippen molar-refractivity contribution in [3.05, 3.63) is 83.2 Å². The van der Waals surface area contributed by atoms with Gasteiger partial charge in [0.05, 0.1) is 0 Å². The van der Waals surface area contributed by atoms with Crippen LogP contribution in [-0.4, -0.2) is 29.0 Å². The van der Waals surface area contributed by atoms with Gasteiger partial charge in [0.25, 0.3) is 5.91 Å². The number of benzene rings is 2. The minimum atomic E-state index is -0.121. The molecular weight excluding hydrogens is 348 g/mol. The van der Waals surface area contributed by atoms with Gasteiger partial charge in [-0.05, 0) is 56.5 Å². The SMILES string of the molecule is CCN(C(=O)c1cc(C)nc(NCCc2ccccc2)n1)c1cccc(C)c1. The summed E-state index contributed by atoms with van der Waals surface area (Å²) in [5.74, 6) is 0.365. The minimum absolute atomic E-state index is 0.121. The molecule has 28 heavy (non-hydrogen) atoms. The van der Waals surface area contributed by atoms with Crippen molar-refractivity contribution in [2.75, 3.05) is 23.3 Å². The quantitative estimate of drug-likeness (QED) is 0.665. The number of nitrogens with one attached hydrogen (secondary N) is 1. The molecule has 144 valence electrons. The van der Waals surface area contributed by atoms with Gasteiger partial charge in [-0.2, -0.15) is 0 Å². The third-order valence-electron chi connectivity index (χ3n) is 4.49. The highest BCUT2D eigenvalue weighted by Gasteiger charge is 2.19. The summed E-state index contributed by atoms with van der Waals surface area (Å²) in [5, 5.41) is 3.24. The molecule has 1 N–H and O–H groups in total. The molecule has 0 atom stereocenters. The number of carbonyl (C=O) groups excluding carboxylic acids is 1. The molecule has 1 amide bonds. The lowest BCUT2D eigenvalue weighted by molar-refractivity contribution is 0.0983. The number of rotatable bonds is 7. The first-order valence-corrected chi connectivity index (χ1v) is 9.59. The normalized spacial score (nSPS) is 10.5. The molecular formula is C23H26N4O. The Morgan fingerprint density at radius 3 is 2.50 bits per heavy atom. The van der Waals surface area contributed by atoms with Crippen LogP contribution in [-0.2, 0) is 6.42 Å². The van der Waals surface area contributed by atoms with E-state index in [-0.39, 0.29) is 5.91 Å². The van der Waals surface area contributed by atoms with Crippen LogP contribution >= 0.6 is 0 Å². The number of amides is 1. The number of hydrogen-bond donors (Lipinski definition) is 1. The highest BCUT2D eigenvalue weighted by Crippen LogP contribution is 2.19. The van der Waals surface area contributed by atoms with E-state index in [4.69, 9.17) is 0 Å². The van der Waals surface area contributed by atoms with Crippen LogP contribution in [0.2, 0.25) is 0 Å². The van der Waals surface area contributed by atoms with E-state index >= 15 is 0 Å². The molecule has 1 heterocycles. The Morgan fingerprint density at radius 1 is 1.00 bits per heavy atom.